The lowest BCUT2D eigenvalue weighted by Gasteiger charge is -2.38. The van der Waals surface area contributed by atoms with Crippen molar-refractivity contribution >= 4 is 63.7 Å². The summed E-state index contributed by atoms with van der Waals surface area (Å²) >= 11 is 0. The van der Waals surface area contributed by atoms with E-state index in [0.717, 1.165) is 73.0 Å². The van der Waals surface area contributed by atoms with Crippen molar-refractivity contribution in [3.05, 3.63) is 327 Å². The maximum atomic E-state index is 4.11. The van der Waals surface area contributed by atoms with Crippen LogP contribution in [0.5, 0.6) is 0 Å². The summed E-state index contributed by atoms with van der Waals surface area (Å²) in [6, 6.07) is 115. The molecule has 85 heavy (non-hydrogen) atoms. The van der Waals surface area contributed by atoms with Gasteiger partial charge in [-0.05, 0) is 156 Å². The van der Waals surface area contributed by atoms with E-state index >= 15 is 0 Å². The van der Waals surface area contributed by atoms with Crippen LogP contribution < -0.4 is 26.0 Å². The van der Waals surface area contributed by atoms with Crippen LogP contribution in [0.25, 0.3) is 77.9 Å². The smallest absolute Gasteiger partial charge is 0.197 e. The maximum Gasteiger partial charge on any atom is 0.197 e. The van der Waals surface area contributed by atoms with Gasteiger partial charge in [0.05, 0.1) is 0 Å². The van der Waals surface area contributed by atoms with Crippen LogP contribution >= 0.6 is 0 Å². The monoisotopic (exact) mass is 1080 g/mol. The number of nitrogens with zero attached hydrogens (tertiary/aromatic N) is 2. The van der Waals surface area contributed by atoms with Crippen molar-refractivity contribution in [3.63, 3.8) is 0 Å². The Labute approximate surface area is 499 Å². The third-order valence-electron chi connectivity index (χ3n) is 17.3. The zero-order chi connectivity index (χ0) is 56.8. The molecule has 0 unspecified atom stereocenters. The number of hydrogen-bond acceptors (Lipinski definition) is 3. The minimum Gasteiger partial charge on any atom is -0.355 e. The number of fused-ring (bicyclic) bond motifs is 6. The lowest BCUT2D eigenvalue weighted by Crippen LogP contribution is -2.41. The van der Waals surface area contributed by atoms with Crippen LogP contribution in [0.2, 0.25) is 0 Å². The molecule has 1 heterocycles. The highest BCUT2D eigenvalue weighted by atomic mass is 15.2. The zero-order valence-corrected chi connectivity index (χ0v) is 47.5. The molecule has 0 atom stereocenters. The standard InChI is InChI=1S/C81H59BN3/c1-81(2)73-37-19-18-36-71(73)78-74(81)54-72(79-80(78)85(68-35-21-33-63(51-68)58-28-14-6-15-29-58)77-52-64(42-49-75(77)82-79)59-30-16-7-17-31-59)70-48-47-69(53-76(70)83-65-34-20-32-62(50-65)57-26-12-5-13-27-57)84(66-43-38-60(39-44-66)55-22-8-3-9-23-55)67-45-40-61(41-46-67)56-24-10-4-11-25-56/h3-54,83H,1-2H3. The summed E-state index contributed by atoms with van der Waals surface area (Å²) < 4.78 is 0. The SMILES string of the molecule is CC1(C)c2ccccc2-c2c1cc(-c1ccc(N(c3ccc(-c4ccccc4)cc3)c3ccc(-c4ccccc4)cc3)cc1Nc1cccc(-c3ccccc3)c1)c1c2N(c2cccc(-c3ccccc3)c2)c2cc(-c3ccccc3)ccc2[B]1. The quantitative estimate of drug-likeness (QED) is 0.123. The molecular weight excluding hydrogens is 1030 g/mol. The largest absolute Gasteiger partial charge is 0.355 e. The van der Waals surface area contributed by atoms with E-state index in [0.29, 0.717) is 0 Å². The molecule has 0 saturated carbocycles. The topological polar surface area (TPSA) is 18.5 Å². The molecule has 0 spiro atoms. The van der Waals surface area contributed by atoms with Crippen LogP contribution in [-0.4, -0.2) is 7.28 Å². The van der Waals surface area contributed by atoms with Gasteiger partial charge < -0.3 is 15.1 Å². The summed E-state index contributed by atoms with van der Waals surface area (Å²) in [5.74, 6) is 0. The van der Waals surface area contributed by atoms with Crippen molar-refractivity contribution in [2.75, 3.05) is 15.1 Å². The molecule has 2 aliphatic rings. The first kappa shape index (κ1) is 51.2. The Kier molecular flexibility index (Phi) is 13.0. The third kappa shape index (κ3) is 9.48. The lowest BCUT2D eigenvalue weighted by molar-refractivity contribution is 0.661. The van der Waals surface area contributed by atoms with E-state index in [4.69, 9.17) is 0 Å². The second kappa shape index (κ2) is 21.6. The number of nitrogens with one attached hydrogen (secondary N) is 1. The Hall–Kier alpha value is -10.7. The molecule has 401 valence electrons. The van der Waals surface area contributed by atoms with E-state index in [2.05, 4.69) is 352 Å². The van der Waals surface area contributed by atoms with Gasteiger partial charge in [0.2, 0.25) is 0 Å². The van der Waals surface area contributed by atoms with Crippen molar-refractivity contribution in [1.82, 2.24) is 0 Å². The Morgan fingerprint density at radius 2 is 0.800 bits per heavy atom. The van der Waals surface area contributed by atoms with E-state index in [1.807, 2.05) is 0 Å². The maximum absolute atomic E-state index is 4.11. The minimum atomic E-state index is -0.328. The van der Waals surface area contributed by atoms with Crippen LogP contribution in [0.3, 0.4) is 0 Å². The highest BCUT2D eigenvalue weighted by Gasteiger charge is 2.42. The molecule has 1 aliphatic carbocycles. The van der Waals surface area contributed by atoms with Gasteiger partial charge in [0.25, 0.3) is 0 Å². The van der Waals surface area contributed by atoms with Gasteiger partial charge in [-0.1, -0.05) is 262 Å². The molecule has 1 N–H and O–H groups in total. The number of anilines is 8. The van der Waals surface area contributed by atoms with Gasteiger partial charge in [0.1, 0.15) is 0 Å². The number of rotatable bonds is 12. The Bertz CT molecular complexity index is 4500. The molecule has 0 bridgehead atoms. The normalized spacial score (nSPS) is 12.5. The second-order valence-corrected chi connectivity index (χ2v) is 22.8. The first-order chi connectivity index (χ1) is 41.9. The Balaban J connectivity index is 0.978. The molecule has 15 rings (SSSR count). The first-order valence-electron chi connectivity index (χ1n) is 29.4. The van der Waals surface area contributed by atoms with Gasteiger partial charge in [0.15, 0.2) is 7.28 Å². The predicted octanol–water partition coefficient (Wildman–Crippen LogP) is 20.6. The van der Waals surface area contributed by atoms with Crippen LogP contribution in [0.15, 0.2) is 315 Å². The average Bonchev–Trinajstić information content (AvgIpc) is 3.42. The molecule has 1 aliphatic heterocycles. The fraction of sp³-hybridized carbons (Fsp3) is 0.0370. The van der Waals surface area contributed by atoms with Crippen molar-refractivity contribution < 1.29 is 0 Å². The highest BCUT2D eigenvalue weighted by molar-refractivity contribution is 6.73. The summed E-state index contributed by atoms with van der Waals surface area (Å²) in [7, 11) is 2.46. The molecule has 13 aromatic rings. The van der Waals surface area contributed by atoms with E-state index in [1.165, 1.54) is 72.4 Å². The summed E-state index contributed by atoms with van der Waals surface area (Å²) in [6.45, 7) is 4.81. The third-order valence-corrected chi connectivity index (χ3v) is 17.3. The fourth-order valence-electron chi connectivity index (χ4n) is 13.0. The van der Waals surface area contributed by atoms with Gasteiger partial charge in [-0.25, -0.2) is 0 Å². The van der Waals surface area contributed by atoms with Gasteiger partial charge in [-0.15, -0.1) is 0 Å². The van der Waals surface area contributed by atoms with Crippen LogP contribution in [-0.2, 0) is 5.41 Å². The molecule has 13 aromatic carbocycles. The lowest BCUT2D eigenvalue weighted by atomic mass is 9.57. The highest BCUT2D eigenvalue weighted by Crippen LogP contribution is 2.56. The summed E-state index contributed by atoms with van der Waals surface area (Å²) in [6.07, 6.45) is 0. The molecule has 0 aromatic heterocycles. The Morgan fingerprint density at radius 3 is 1.38 bits per heavy atom. The zero-order valence-electron chi connectivity index (χ0n) is 47.5. The summed E-state index contributed by atoms with van der Waals surface area (Å²) in [4.78, 5) is 4.97. The van der Waals surface area contributed by atoms with E-state index in [1.54, 1.807) is 0 Å². The van der Waals surface area contributed by atoms with Gasteiger partial charge >= 0.3 is 0 Å². The summed E-state index contributed by atoms with van der Waals surface area (Å²) in [5, 5.41) is 4.11. The van der Waals surface area contributed by atoms with Crippen molar-refractivity contribution in [2.24, 2.45) is 0 Å². The molecule has 4 heteroatoms. The van der Waals surface area contributed by atoms with E-state index < -0.39 is 0 Å². The predicted molar refractivity (Wildman–Crippen MR) is 361 cm³/mol. The van der Waals surface area contributed by atoms with E-state index in [9.17, 15) is 0 Å². The summed E-state index contributed by atoms with van der Waals surface area (Å²) in [5.41, 5.74) is 29.6. The fourth-order valence-corrected chi connectivity index (χ4v) is 13.0. The van der Waals surface area contributed by atoms with E-state index in [-0.39, 0.29) is 5.41 Å². The second-order valence-electron chi connectivity index (χ2n) is 22.8. The van der Waals surface area contributed by atoms with Gasteiger partial charge in [0, 0.05) is 62.0 Å². The average molecular weight is 1090 g/mol. The van der Waals surface area contributed by atoms with Crippen LogP contribution in [0.4, 0.5) is 45.5 Å². The minimum absolute atomic E-state index is 0.328. The van der Waals surface area contributed by atoms with Gasteiger partial charge in [-0.2, -0.15) is 0 Å². The molecular formula is C81H59BN3. The molecule has 3 nitrogen and oxygen atoms in total. The number of hydrogen-bond donors (Lipinski definition) is 1. The van der Waals surface area contributed by atoms with Crippen molar-refractivity contribution in [3.8, 4) is 77.9 Å². The van der Waals surface area contributed by atoms with Gasteiger partial charge in [-0.3, -0.25) is 0 Å². The Morgan fingerprint density at radius 1 is 0.341 bits per heavy atom. The molecule has 0 amide bonds. The first-order valence-corrected chi connectivity index (χ1v) is 29.4. The molecule has 0 fully saturated rings. The van der Waals surface area contributed by atoms with Crippen LogP contribution in [0, 0.1) is 0 Å². The van der Waals surface area contributed by atoms with Crippen molar-refractivity contribution in [2.45, 2.75) is 19.3 Å². The molecule has 1 radical (unpaired) electrons. The molecule has 0 saturated heterocycles. The number of benzene rings is 13. The van der Waals surface area contributed by atoms with Crippen LogP contribution in [0.1, 0.15) is 25.0 Å². The van der Waals surface area contributed by atoms with Crippen molar-refractivity contribution in [1.29, 1.82) is 0 Å².